The van der Waals surface area contributed by atoms with Crippen LogP contribution in [0.5, 0.6) is 11.5 Å². The van der Waals surface area contributed by atoms with Crippen LogP contribution in [-0.4, -0.2) is 10.9 Å². The first-order valence-corrected chi connectivity index (χ1v) is 12.2. The lowest BCUT2D eigenvalue weighted by Crippen LogP contribution is -2.14. The Hall–Kier alpha value is -4.19. The van der Waals surface area contributed by atoms with Gasteiger partial charge in [0.1, 0.15) is 11.1 Å². The second-order valence-corrected chi connectivity index (χ2v) is 9.72. The van der Waals surface area contributed by atoms with Crippen LogP contribution in [0.15, 0.2) is 103 Å². The summed E-state index contributed by atoms with van der Waals surface area (Å²) in [5.74, 6) is 1.48. The Balaban J connectivity index is 1.31. The summed E-state index contributed by atoms with van der Waals surface area (Å²) < 4.78 is 6.12. The van der Waals surface area contributed by atoms with E-state index >= 15 is 0 Å². The van der Waals surface area contributed by atoms with Gasteiger partial charge in [0.15, 0.2) is 17.3 Å². The van der Waals surface area contributed by atoms with Gasteiger partial charge in [-0.1, -0.05) is 60.7 Å². The average molecular weight is 474 g/mol. The number of carbonyl (C=O) groups is 1. The van der Waals surface area contributed by atoms with E-state index in [4.69, 9.17) is 4.74 Å². The van der Waals surface area contributed by atoms with Gasteiger partial charge < -0.3 is 9.84 Å². The van der Waals surface area contributed by atoms with Gasteiger partial charge in [0.25, 0.3) is 0 Å². The summed E-state index contributed by atoms with van der Waals surface area (Å²) in [6, 6.07) is 31.6. The SMILES string of the molecule is O=C1/C(=C/c2ccc(N3c4ccccc4Oc4ccccc43)s2)C(O)c2ccc3ccccc3c21. The normalized spacial score (nSPS) is 17.3. The summed E-state index contributed by atoms with van der Waals surface area (Å²) in [6.45, 7) is 0. The molecule has 0 bridgehead atoms. The molecule has 1 N–H and O–H groups in total. The third-order valence-corrected chi connectivity index (χ3v) is 7.62. The van der Waals surface area contributed by atoms with E-state index in [-0.39, 0.29) is 5.78 Å². The number of Topliss-reactive ketones (excluding diaryl/α,β-unsaturated/α-hetero) is 1. The molecule has 0 radical (unpaired) electrons. The number of aliphatic hydroxyl groups excluding tert-OH is 1. The number of rotatable bonds is 2. The summed E-state index contributed by atoms with van der Waals surface area (Å²) >= 11 is 1.57. The van der Waals surface area contributed by atoms with Gasteiger partial charge in [-0.3, -0.25) is 9.69 Å². The molecule has 0 amide bonds. The van der Waals surface area contributed by atoms with E-state index in [1.54, 1.807) is 11.3 Å². The molecule has 35 heavy (non-hydrogen) atoms. The smallest absolute Gasteiger partial charge is 0.193 e. The summed E-state index contributed by atoms with van der Waals surface area (Å²) in [7, 11) is 0. The van der Waals surface area contributed by atoms with Crippen LogP contribution in [0.1, 0.15) is 26.9 Å². The Labute approximate surface area is 206 Å². The lowest BCUT2D eigenvalue weighted by Gasteiger charge is -2.31. The van der Waals surface area contributed by atoms with Crippen molar-refractivity contribution in [2.45, 2.75) is 6.10 Å². The number of para-hydroxylation sites is 4. The number of hydrogen-bond donors (Lipinski definition) is 1. The summed E-state index contributed by atoms with van der Waals surface area (Å²) in [5, 5.41) is 13.9. The van der Waals surface area contributed by atoms with Crippen molar-refractivity contribution in [1.29, 1.82) is 0 Å². The molecule has 4 nitrogen and oxygen atoms in total. The molecular weight excluding hydrogens is 454 g/mol. The zero-order valence-corrected chi connectivity index (χ0v) is 19.3. The zero-order chi connectivity index (χ0) is 23.5. The maximum absolute atomic E-state index is 13.4. The van der Waals surface area contributed by atoms with Crippen molar-refractivity contribution in [3.63, 3.8) is 0 Å². The number of hydrogen-bond acceptors (Lipinski definition) is 5. The quantitative estimate of drug-likeness (QED) is 0.261. The van der Waals surface area contributed by atoms with E-state index < -0.39 is 6.10 Å². The summed E-state index contributed by atoms with van der Waals surface area (Å²) in [4.78, 5) is 16.5. The highest BCUT2D eigenvalue weighted by Gasteiger charge is 2.35. The van der Waals surface area contributed by atoms with Gasteiger partial charge in [-0.05, 0) is 58.8 Å². The fourth-order valence-electron chi connectivity index (χ4n) is 4.99. The van der Waals surface area contributed by atoms with Gasteiger partial charge in [0.2, 0.25) is 0 Å². The highest BCUT2D eigenvalue weighted by Crippen LogP contribution is 2.52. The molecule has 1 aliphatic carbocycles. The van der Waals surface area contributed by atoms with Crippen molar-refractivity contribution in [3.05, 3.63) is 119 Å². The number of nitrogens with zero attached hydrogens (tertiary/aromatic N) is 1. The van der Waals surface area contributed by atoms with Crippen molar-refractivity contribution >= 4 is 50.3 Å². The summed E-state index contributed by atoms with van der Waals surface area (Å²) in [5.41, 5.74) is 3.61. The van der Waals surface area contributed by atoms with E-state index in [9.17, 15) is 9.90 Å². The maximum Gasteiger partial charge on any atom is 0.193 e. The molecule has 4 aromatic carbocycles. The van der Waals surface area contributed by atoms with Crippen LogP contribution in [0.4, 0.5) is 16.4 Å². The molecule has 0 saturated carbocycles. The summed E-state index contributed by atoms with van der Waals surface area (Å²) in [6.07, 6.45) is 0.895. The minimum atomic E-state index is -0.933. The fraction of sp³-hybridized carbons (Fsp3) is 0.0333. The maximum atomic E-state index is 13.4. The van der Waals surface area contributed by atoms with Crippen molar-refractivity contribution in [2.75, 3.05) is 4.90 Å². The first kappa shape index (κ1) is 20.2. The van der Waals surface area contributed by atoms with Crippen LogP contribution in [0.3, 0.4) is 0 Å². The minimum absolute atomic E-state index is 0.110. The van der Waals surface area contributed by atoms with Gasteiger partial charge in [-0.2, -0.15) is 0 Å². The third-order valence-electron chi connectivity index (χ3n) is 6.60. The largest absolute Gasteiger partial charge is 0.453 e. The van der Waals surface area contributed by atoms with Crippen molar-refractivity contribution in [3.8, 4) is 11.5 Å². The Morgan fingerprint density at radius 2 is 1.49 bits per heavy atom. The number of aliphatic hydroxyl groups is 1. The number of fused-ring (bicyclic) bond motifs is 5. The van der Waals surface area contributed by atoms with Gasteiger partial charge >= 0.3 is 0 Å². The van der Waals surface area contributed by atoms with E-state index in [0.29, 0.717) is 16.7 Å². The number of carbonyl (C=O) groups excluding carboxylic acids is 1. The Kier molecular flexibility index (Phi) is 4.43. The van der Waals surface area contributed by atoms with Crippen LogP contribution in [-0.2, 0) is 0 Å². The second kappa shape index (κ2) is 7.67. The number of ether oxygens (including phenoxy) is 1. The molecule has 1 atom stereocenters. The minimum Gasteiger partial charge on any atom is -0.453 e. The van der Waals surface area contributed by atoms with Crippen molar-refractivity contribution in [2.24, 2.45) is 0 Å². The van der Waals surface area contributed by atoms with Crippen LogP contribution in [0.25, 0.3) is 16.8 Å². The van der Waals surface area contributed by atoms with E-state index in [1.165, 1.54) is 0 Å². The molecule has 0 saturated heterocycles. The van der Waals surface area contributed by atoms with Crippen LogP contribution in [0, 0.1) is 0 Å². The molecule has 1 aliphatic heterocycles. The monoisotopic (exact) mass is 473 g/mol. The molecule has 2 heterocycles. The fourth-order valence-corrected chi connectivity index (χ4v) is 5.97. The Morgan fingerprint density at radius 3 is 2.26 bits per heavy atom. The van der Waals surface area contributed by atoms with E-state index in [2.05, 4.69) is 4.90 Å². The number of anilines is 3. The first-order valence-electron chi connectivity index (χ1n) is 11.4. The number of thiophene rings is 1. The molecule has 0 fully saturated rings. The molecule has 5 heteroatoms. The topological polar surface area (TPSA) is 49.8 Å². The van der Waals surface area contributed by atoms with Gasteiger partial charge in [-0.15, -0.1) is 11.3 Å². The predicted molar refractivity (Wildman–Crippen MR) is 140 cm³/mol. The average Bonchev–Trinajstić information content (AvgIpc) is 3.45. The van der Waals surface area contributed by atoms with Gasteiger partial charge in [0.05, 0.1) is 11.4 Å². The highest BCUT2D eigenvalue weighted by atomic mass is 32.1. The lowest BCUT2D eigenvalue weighted by molar-refractivity contribution is 0.102. The van der Waals surface area contributed by atoms with Gasteiger partial charge in [-0.25, -0.2) is 0 Å². The predicted octanol–water partition coefficient (Wildman–Crippen LogP) is 7.79. The lowest BCUT2D eigenvalue weighted by atomic mass is 10.0. The zero-order valence-electron chi connectivity index (χ0n) is 18.5. The second-order valence-electron chi connectivity index (χ2n) is 8.63. The third kappa shape index (κ3) is 3.06. The van der Waals surface area contributed by atoms with Gasteiger partial charge in [0, 0.05) is 16.0 Å². The molecule has 1 aromatic heterocycles. The highest BCUT2D eigenvalue weighted by molar-refractivity contribution is 7.17. The van der Waals surface area contributed by atoms with Crippen molar-refractivity contribution < 1.29 is 14.6 Å². The molecular formula is C30H19NO3S. The first-order chi connectivity index (χ1) is 17.2. The van der Waals surface area contributed by atoms with Crippen LogP contribution in [0.2, 0.25) is 0 Å². The van der Waals surface area contributed by atoms with E-state index in [1.807, 2.05) is 103 Å². The molecule has 2 aliphatic rings. The van der Waals surface area contributed by atoms with E-state index in [0.717, 1.165) is 43.5 Å². The molecule has 168 valence electrons. The van der Waals surface area contributed by atoms with Crippen LogP contribution < -0.4 is 9.64 Å². The van der Waals surface area contributed by atoms with Crippen molar-refractivity contribution in [1.82, 2.24) is 0 Å². The number of ketones is 1. The number of benzene rings is 4. The molecule has 5 aromatic rings. The Morgan fingerprint density at radius 1 is 0.800 bits per heavy atom. The van der Waals surface area contributed by atoms with Crippen LogP contribution >= 0.6 is 11.3 Å². The standard InChI is InChI=1S/C30H19NO3S/c32-29-21-15-13-18-7-1-2-8-20(18)28(21)30(33)22(29)17-19-14-16-27(35-19)31-23-9-3-5-11-25(23)34-26-12-6-4-10-24(26)31/h1-17,29,32H/b22-17+. The molecule has 7 rings (SSSR count). The molecule has 1 unspecified atom stereocenters. The molecule has 0 spiro atoms. The Bertz CT molecular complexity index is 1640.